The molecule has 184 valence electrons. The van der Waals surface area contributed by atoms with Crippen molar-refractivity contribution in [2.45, 2.75) is 52.0 Å². The van der Waals surface area contributed by atoms with Crippen LogP contribution in [0.25, 0.3) is 22.5 Å². The Labute approximate surface area is 209 Å². The van der Waals surface area contributed by atoms with Crippen LogP contribution in [0.2, 0.25) is 0 Å². The molecular weight excluding hydrogens is 453 g/mol. The highest BCUT2D eigenvalue weighted by atomic mass is 19.1. The van der Waals surface area contributed by atoms with Crippen molar-refractivity contribution in [1.29, 1.82) is 0 Å². The number of anilines is 1. The van der Waals surface area contributed by atoms with Crippen molar-refractivity contribution in [2.24, 2.45) is 4.99 Å². The van der Waals surface area contributed by atoms with Crippen molar-refractivity contribution in [2.75, 3.05) is 5.32 Å². The lowest BCUT2D eigenvalue weighted by atomic mass is 9.93. The molecule has 0 aliphatic heterocycles. The second-order valence-electron chi connectivity index (χ2n) is 9.50. The number of rotatable bonds is 7. The zero-order valence-electron chi connectivity index (χ0n) is 20.8. The Bertz CT molecular complexity index is 1460. The van der Waals surface area contributed by atoms with E-state index >= 15 is 0 Å². The first-order valence-electron chi connectivity index (χ1n) is 12.2. The molecule has 0 unspecified atom stereocenters. The number of allylic oxidation sites excluding steroid dienone is 3. The van der Waals surface area contributed by atoms with Gasteiger partial charge in [-0.15, -0.1) is 0 Å². The molecule has 1 aliphatic rings. The van der Waals surface area contributed by atoms with Crippen LogP contribution in [0, 0.1) is 0 Å². The maximum Gasteiger partial charge on any atom is 0.228 e. The highest BCUT2D eigenvalue weighted by Crippen LogP contribution is 2.30. The second kappa shape index (κ2) is 9.89. The van der Waals surface area contributed by atoms with E-state index in [-0.39, 0.29) is 17.8 Å². The molecule has 1 aliphatic carbocycles. The number of halogens is 1. The molecule has 8 heteroatoms. The minimum absolute atomic E-state index is 0.165. The lowest BCUT2D eigenvalue weighted by Crippen LogP contribution is -2.29. The summed E-state index contributed by atoms with van der Waals surface area (Å²) in [6, 6.07) is 12.8. The van der Waals surface area contributed by atoms with Gasteiger partial charge in [0.25, 0.3) is 0 Å². The summed E-state index contributed by atoms with van der Waals surface area (Å²) in [4.78, 5) is 16.9. The Balaban J connectivity index is 1.50. The summed E-state index contributed by atoms with van der Waals surface area (Å²) in [5.41, 5.74) is 7.06. The van der Waals surface area contributed by atoms with E-state index in [1.807, 2.05) is 12.3 Å². The van der Waals surface area contributed by atoms with Crippen molar-refractivity contribution in [1.82, 2.24) is 24.6 Å². The largest absolute Gasteiger partial charge is 0.358 e. The van der Waals surface area contributed by atoms with Crippen LogP contribution >= 0.6 is 0 Å². The SMILES string of the molecule is C=N/C=C(\C=C(/C)F)c1nc(N[C@@H]2CCc3[nH]c(-c4ccccc4)cc3C2)n2ncc(C(C)C)c2n1. The second-order valence-corrected chi connectivity index (χ2v) is 9.50. The molecule has 0 bridgehead atoms. The Kier molecular flexibility index (Phi) is 6.50. The maximum atomic E-state index is 13.8. The van der Waals surface area contributed by atoms with E-state index in [0.717, 1.165) is 30.5 Å². The van der Waals surface area contributed by atoms with Crippen LogP contribution in [0.4, 0.5) is 10.3 Å². The summed E-state index contributed by atoms with van der Waals surface area (Å²) in [6.45, 7) is 9.10. The standard InChI is InChI=1S/C28H30FN7/c1-17(2)23-16-31-36-27(23)34-26(21(15-30-4)12-18(3)29)35-28(36)32-22-10-11-24-20(13-22)14-25(33-24)19-8-6-5-7-9-19/h5-9,12,14-17,22,33H,4,10-11,13H2,1-3H3,(H,32,34,35)/b18-12+,21-15+/t22-/m1/s1. The lowest BCUT2D eigenvalue weighted by Gasteiger charge is -2.24. The molecule has 7 nitrogen and oxygen atoms in total. The zero-order valence-corrected chi connectivity index (χ0v) is 20.8. The van der Waals surface area contributed by atoms with Crippen molar-refractivity contribution >= 4 is 23.9 Å². The molecule has 0 radical (unpaired) electrons. The molecule has 3 aromatic heterocycles. The Morgan fingerprint density at radius 2 is 2.08 bits per heavy atom. The van der Waals surface area contributed by atoms with E-state index in [1.54, 1.807) is 4.52 Å². The van der Waals surface area contributed by atoms with E-state index in [1.165, 1.54) is 36.0 Å². The number of H-pyrrole nitrogens is 1. The first-order valence-corrected chi connectivity index (χ1v) is 12.2. The van der Waals surface area contributed by atoms with Crippen LogP contribution in [0.15, 0.2) is 65.7 Å². The van der Waals surface area contributed by atoms with Gasteiger partial charge in [0.15, 0.2) is 11.5 Å². The third kappa shape index (κ3) is 4.71. The molecule has 2 N–H and O–H groups in total. The fraction of sp³-hybridized carbons (Fsp3) is 0.286. The first-order chi connectivity index (χ1) is 17.4. The van der Waals surface area contributed by atoms with Crippen LogP contribution < -0.4 is 5.32 Å². The number of aromatic amines is 1. The van der Waals surface area contributed by atoms with Gasteiger partial charge in [-0.3, -0.25) is 4.99 Å². The van der Waals surface area contributed by atoms with E-state index in [9.17, 15) is 4.39 Å². The molecule has 3 heterocycles. The van der Waals surface area contributed by atoms with E-state index in [2.05, 4.69) is 71.3 Å². The van der Waals surface area contributed by atoms with Gasteiger partial charge < -0.3 is 10.3 Å². The maximum absolute atomic E-state index is 13.8. The van der Waals surface area contributed by atoms with Gasteiger partial charge in [0.1, 0.15) is 0 Å². The summed E-state index contributed by atoms with van der Waals surface area (Å²) in [6.07, 6.45) is 7.41. The number of aryl methyl sites for hydroxylation is 1. The number of hydrogen-bond donors (Lipinski definition) is 2. The molecule has 0 amide bonds. The lowest BCUT2D eigenvalue weighted by molar-refractivity contribution is 0.597. The van der Waals surface area contributed by atoms with Gasteiger partial charge in [-0.1, -0.05) is 44.2 Å². The van der Waals surface area contributed by atoms with Crippen LogP contribution in [0.3, 0.4) is 0 Å². The summed E-state index contributed by atoms with van der Waals surface area (Å²) < 4.78 is 15.6. The van der Waals surface area contributed by atoms with Crippen LogP contribution in [-0.4, -0.2) is 37.3 Å². The average Bonchev–Trinajstić information content (AvgIpc) is 3.48. The summed E-state index contributed by atoms with van der Waals surface area (Å²) in [7, 11) is 0. The van der Waals surface area contributed by atoms with E-state index in [0.29, 0.717) is 23.0 Å². The molecule has 0 spiro atoms. The Morgan fingerprint density at radius 1 is 1.28 bits per heavy atom. The fourth-order valence-electron chi connectivity index (χ4n) is 4.71. The number of nitrogens with one attached hydrogen (secondary N) is 2. The Morgan fingerprint density at radius 3 is 2.81 bits per heavy atom. The molecule has 1 atom stereocenters. The third-order valence-corrected chi connectivity index (χ3v) is 6.48. The molecular formula is C28H30FN7. The van der Waals surface area contributed by atoms with Gasteiger partial charge in [-0.2, -0.15) is 14.6 Å². The van der Waals surface area contributed by atoms with Gasteiger partial charge in [0.2, 0.25) is 5.95 Å². The van der Waals surface area contributed by atoms with Crippen molar-refractivity contribution < 1.29 is 4.39 Å². The first kappa shape index (κ1) is 23.7. The minimum Gasteiger partial charge on any atom is -0.358 e. The molecule has 36 heavy (non-hydrogen) atoms. The quantitative estimate of drug-likeness (QED) is 0.245. The molecule has 0 saturated heterocycles. The normalized spacial score (nSPS) is 16.4. The van der Waals surface area contributed by atoms with Crippen LogP contribution in [0.5, 0.6) is 0 Å². The minimum atomic E-state index is -0.359. The van der Waals surface area contributed by atoms with Crippen molar-refractivity contribution in [3.05, 3.63) is 83.3 Å². The Hall–Kier alpha value is -4.07. The van der Waals surface area contributed by atoms with Gasteiger partial charge in [0, 0.05) is 34.8 Å². The number of benzene rings is 1. The van der Waals surface area contributed by atoms with Crippen molar-refractivity contribution in [3.63, 3.8) is 0 Å². The fourth-order valence-corrected chi connectivity index (χ4v) is 4.71. The summed E-state index contributed by atoms with van der Waals surface area (Å²) in [5, 5.41) is 8.18. The number of hydrogen-bond acceptors (Lipinski definition) is 5. The van der Waals surface area contributed by atoms with E-state index < -0.39 is 0 Å². The predicted octanol–water partition coefficient (Wildman–Crippen LogP) is 6.13. The van der Waals surface area contributed by atoms with Crippen molar-refractivity contribution in [3.8, 4) is 11.3 Å². The molecule has 5 rings (SSSR count). The number of aromatic nitrogens is 5. The van der Waals surface area contributed by atoms with Gasteiger partial charge in [-0.25, -0.2) is 9.37 Å². The topological polar surface area (TPSA) is 83.3 Å². The smallest absolute Gasteiger partial charge is 0.228 e. The number of fused-ring (bicyclic) bond motifs is 2. The third-order valence-electron chi connectivity index (χ3n) is 6.48. The monoisotopic (exact) mass is 483 g/mol. The highest BCUT2D eigenvalue weighted by molar-refractivity contribution is 5.72. The molecule has 1 aromatic carbocycles. The molecule has 0 fully saturated rings. The average molecular weight is 484 g/mol. The van der Waals surface area contributed by atoms with Gasteiger partial charge >= 0.3 is 0 Å². The van der Waals surface area contributed by atoms with Crippen LogP contribution in [-0.2, 0) is 12.8 Å². The highest BCUT2D eigenvalue weighted by Gasteiger charge is 2.24. The van der Waals surface area contributed by atoms with Gasteiger partial charge in [0.05, 0.1) is 12.0 Å². The van der Waals surface area contributed by atoms with Gasteiger partial charge in [-0.05, 0) is 62.1 Å². The molecule has 4 aromatic rings. The predicted molar refractivity (Wildman–Crippen MR) is 143 cm³/mol. The summed E-state index contributed by atoms with van der Waals surface area (Å²) >= 11 is 0. The zero-order chi connectivity index (χ0) is 25.2. The number of aliphatic imine (C=N–C) groups is 1. The van der Waals surface area contributed by atoms with Crippen LogP contribution in [0.1, 0.15) is 55.8 Å². The molecule has 0 saturated carbocycles. The number of nitrogens with zero attached hydrogens (tertiary/aromatic N) is 5. The van der Waals surface area contributed by atoms with E-state index in [4.69, 9.17) is 9.97 Å². The summed E-state index contributed by atoms with van der Waals surface area (Å²) in [5.74, 6) is 0.812.